The first-order valence-corrected chi connectivity index (χ1v) is 12.3. The van der Waals surface area contributed by atoms with Crippen molar-refractivity contribution in [1.29, 1.82) is 0 Å². The average molecular weight is 486 g/mol. The number of hydrogen-bond acceptors (Lipinski definition) is 5. The fraction of sp³-hybridized carbons (Fsp3) is 0.217. The van der Waals surface area contributed by atoms with E-state index in [1.807, 2.05) is 29.2 Å². The smallest absolute Gasteiger partial charge is 0.323 e. The number of pyridine rings is 1. The van der Waals surface area contributed by atoms with Crippen LogP contribution in [-0.2, 0) is 10.0 Å². The summed E-state index contributed by atoms with van der Waals surface area (Å²) in [6.07, 6.45) is 2.26. The second-order valence-corrected chi connectivity index (χ2v) is 9.92. The van der Waals surface area contributed by atoms with E-state index in [1.54, 1.807) is 36.5 Å². The molecule has 0 unspecified atom stereocenters. The molecule has 1 aliphatic heterocycles. The van der Waals surface area contributed by atoms with Crippen molar-refractivity contribution in [3.63, 3.8) is 0 Å². The van der Waals surface area contributed by atoms with E-state index < -0.39 is 10.0 Å². The van der Waals surface area contributed by atoms with Gasteiger partial charge in [-0.3, -0.25) is 0 Å². The third-order valence-corrected chi connectivity index (χ3v) is 7.43. The van der Waals surface area contributed by atoms with E-state index in [0.29, 0.717) is 49.0 Å². The summed E-state index contributed by atoms with van der Waals surface area (Å²) in [5.41, 5.74) is 1.26. The molecule has 1 aromatic heterocycles. The van der Waals surface area contributed by atoms with Crippen LogP contribution in [0.3, 0.4) is 0 Å². The molecule has 8 nitrogen and oxygen atoms in total. The number of carbonyl (C=O) groups excluding carboxylic acids is 1. The molecule has 0 bridgehead atoms. The number of amides is 2. The molecule has 2 N–H and O–H groups in total. The summed E-state index contributed by atoms with van der Waals surface area (Å²) < 4.78 is 27.5. The van der Waals surface area contributed by atoms with E-state index in [4.69, 9.17) is 11.6 Å². The van der Waals surface area contributed by atoms with Gasteiger partial charge in [0.1, 0.15) is 5.82 Å². The minimum absolute atomic E-state index is 0.239. The molecule has 172 valence electrons. The summed E-state index contributed by atoms with van der Waals surface area (Å²) in [5, 5.41) is 6.01. The summed E-state index contributed by atoms with van der Waals surface area (Å²) in [7, 11) is -3.58. The van der Waals surface area contributed by atoms with Crippen LogP contribution in [0.1, 0.15) is 6.42 Å². The van der Waals surface area contributed by atoms with Crippen LogP contribution in [0.2, 0.25) is 5.02 Å². The lowest BCUT2D eigenvalue weighted by Crippen LogP contribution is -2.35. The number of nitrogens with one attached hydrogen (secondary N) is 2. The lowest BCUT2D eigenvalue weighted by Gasteiger charge is -2.23. The molecule has 0 radical (unpaired) electrons. The van der Waals surface area contributed by atoms with Crippen LogP contribution in [-0.4, -0.2) is 49.9 Å². The van der Waals surface area contributed by atoms with Crippen LogP contribution in [0.4, 0.5) is 22.0 Å². The molecule has 0 spiro atoms. The first-order chi connectivity index (χ1) is 15.9. The Morgan fingerprint density at radius 2 is 1.58 bits per heavy atom. The third-order valence-electron chi connectivity index (χ3n) is 5.27. The van der Waals surface area contributed by atoms with Crippen molar-refractivity contribution >= 4 is 44.8 Å². The highest BCUT2D eigenvalue weighted by Gasteiger charge is 2.27. The summed E-state index contributed by atoms with van der Waals surface area (Å²) in [5.74, 6) is 0.731. The average Bonchev–Trinajstić information content (AvgIpc) is 3.07. The van der Waals surface area contributed by atoms with Crippen molar-refractivity contribution in [1.82, 2.24) is 9.29 Å². The van der Waals surface area contributed by atoms with Crippen molar-refractivity contribution < 1.29 is 13.2 Å². The molecule has 10 heteroatoms. The number of rotatable bonds is 5. The minimum atomic E-state index is -3.58. The second kappa shape index (κ2) is 10.2. The maximum absolute atomic E-state index is 13.0. The van der Waals surface area contributed by atoms with E-state index in [2.05, 4.69) is 15.6 Å². The number of aromatic nitrogens is 1. The number of benzene rings is 2. The molecule has 2 aromatic carbocycles. The van der Waals surface area contributed by atoms with Crippen LogP contribution < -0.4 is 15.5 Å². The van der Waals surface area contributed by atoms with E-state index in [0.717, 1.165) is 5.82 Å². The lowest BCUT2D eigenvalue weighted by molar-refractivity contribution is 0.262. The number of hydrogen-bond donors (Lipinski definition) is 2. The predicted octanol–water partition coefficient (Wildman–Crippen LogP) is 4.28. The molecule has 2 heterocycles. The van der Waals surface area contributed by atoms with Gasteiger partial charge in [0, 0.05) is 36.9 Å². The summed E-state index contributed by atoms with van der Waals surface area (Å²) in [4.78, 5) is 18.9. The van der Waals surface area contributed by atoms with Crippen molar-refractivity contribution in [2.24, 2.45) is 0 Å². The minimum Gasteiger partial charge on any atom is -0.355 e. The van der Waals surface area contributed by atoms with Gasteiger partial charge in [-0.2, -0.15) is 4.31 Å². The standard InChI is InChI=1S/C23H24ClN5O3S/c24-18-7-10-21(11-8-18)33(31,32)29-14-4-13-28(15-16-29)22-12-9-20(17-25-22)27-23(30)26-19-5-2-1-3-6-19/h1-3,5-12,17H,4,13-16H2,(H2,26,27,30). The fourth-order valence-corrected chi connectivity index (χ4v) is 5.18. The molecule has 1 aliphatic rings. The molecule has 2 amide bonds. The SMILES string of the molecule is O=C(Nc1ccccc1)Nc1ccc(N2CCCN(S(=O)(=O)c3ccc(Cl)cc3)CC2)nc1. The van der Waals surface area contributed by atoms with Crippen molar-refractivity contribution in [2.75, 3.05) is 41.7 Å². The first-order valence-electron chi connectivity index (χ1n) is 10.5. The number of urea groups is 1. The first kappa shape index (κ1) is 23.0. The maximum atomic E-state index is 13.0. The molecule has 0 aliphatic carbocycles. The molecular weight excluding hydrogens is 462 g/mol. The van der Waals surface area contributed by atoms with E-state index in [-0.39, 0.29) is 10.9 Å². The molecule has 1 fully saturated rings. The Bertz CT molecular complexity index is 1190. The Morgan fingerprint density at radius 3 is 2.27 bits per heavy atom. The van der Waals surface area contributed by atoms with Crippen LogP contribution in [0, 0.1) is 0 Å². The summed E-state index contributed by atoms with van der Waals surface area (Å²) in [6.45, 7) is 1.98. The highest BCUT2D eigenvalue weighted by atomic mass is 35.5. The maximum Gasteiger partial charge on any atom is 0.323 e. The topological polar surface area (TPSA) is 94.6 Å². The zero-order chi connectivity index (χ0) is 23.3. The van der Waals surface area contributed by atoms with Gasteiger partial charge in [-0.25, -0.2) is 18.2 Å². The number of sulfonamides is 1. The number of carbonyl (C=O) groups is 1. The van der Waals surface area contributed by atoms with Gasteiger partial charge in [-0.05, 0) is 55.0 Å². The van der Waals surface area contributed by atoms with Gasteiger partial charge < -0.3 is 15.5 Å². The van der Waals surface area contributed by atoms with E-state index >= 15 is 0 Å². The normalized spacial score (nSPS) is 15.0. The Hall–Kier alpha value is -3.14. The summed E-state index contributed by atoms with van der Waals surface area (Å²) in [6, 6.07) is 18.6. The quantitative estimate of drug-likeness (QED) is 0.562. The number of nitrogens with zero attached hydrogens (tertiary/aromatic N) is 3. The zero-order valence-electron chi connectivity index (χ0n) is 17.8. The fourth-order valence-electron chi connectivity index (χ4n) is 3.58. The Labute approximate surface area is 198 Å². The van der Waals surface area contributed by atoms with E-state index in [1.165, 1.54) is 16.4 Å². The highest BCUT2D eigenvalue weighted by molar-refractivity contribution is 7.89. The molecule has 4 rings (SSSR count). The summed E-state index contributed by atoms with van der Waals surface area (Å²) >= 11 is 5.89. The van der Waals surface area contributed by atoms with Crippen molar-refractivity contribution in [3.8, 4) is 0 Å². The number of para-hydroxylation sites is 1. The Morgan fingerprint density at radius 1 is 0.848 bits per heavy atom. The van der Waals surface area contributed by atoms with Gasteiger partial charge in [-0.15, -0.1) is 0 Å². The van der Waals surface area contributed by atoms with Gasteiger partial charge in [-0.1, -0.05) is 29.8 Å². The van der Waals surface area contributed by atoms with Gasteiger partial charge in [0.2, 0.25) is 10.0 Å². The zero-order valence-corrected chi connectivity index (χ0v) is 19.4. The molecule has 0 saturated carbocycles. The Kier molecular flexibility index (Phi) is 7.12. The highest BCUT2D eigenvalue weighted by Crippen LogP contribution is 2.22. The number of anilines is 3. The van der Waals surface area contributed by atoms with Crippen LogP contribution in [0.25, 0.3) is 0 Å². The van der Waals surface area contributed by atoms with E-state index in [9.17, 15) is 13.2 Å². The Balaban J connectivity index is 1.36. The van der Waals surface area contributed by atoms with Gasteiger partial charge >= 0.3 is 6.03 Å². The van der Waals surface area contributed by atoms with Gasteiger partial charge in [0.15, 0.2) is 0 Å². The largest absolute Gasteiger partial charge is 0.355 e. The molecule has 3 aromatic rings. The predicted molar refractivity (Wildman–Crippen MR) is 130 cm³/mol. The van der Waals surface area contributed by atoms with Gasteiger partial charge in [0.05, 0.1) is 16.8 Å². The second-order valence-electron chi connectivity index (χ2n) is 7.55. The molecule has 1 saturated heterocycles. The monoisotopic (exact) mass is 485 g/mol. The number of halogens is 1. The van der Waals surface area contributed by atoms with Crippen LogP contribution in [0.15, 0.2) is 77.8 Å². The van der Waals surface area contributed by atoms with Crippen molar-refractivity contribution in [2.45, 2.75) is 11.3 Å². The van der Waals surface area contributed by atoms with Crippen LogP contribution in [0.5, 0.6) is 0 Å². The third kappa shape index (κ3) is 5.81. The lowest BCUT2D eigenvalue weighted by atomic mass is 10.3. The molecule has 0 atom stereocenters. The molecule has 33 heavy (non-hydrogen) atoms. The van der Waals surface area contributed by atoms with Crippen molar-refractivity contribution in [3.05, 3.63) is 77.9 Å². The van der Waals surface area contributed by atoms with Crippen LogP contribution >= 0.6 is 11.6 Å². The van der Waals surface area contributed by atoms with Gasteiger partial charge in [0.25, 0.3) is 0 Å². The molecular formula is C23H24ClN5O3S.